The van der Waals surface area contributed by atoms with Gasteiger partial charge in [-0.25, -0.2) is 0 Å². The van der Waals surface area contributed by atoms with Crippen LogP contribution in [0.2, 0.25) is 20.1 Å². The Bertz CT molecular complexity index is 3780. The largest absolute Gasteiger partial charge is 1.00 e. The number of carbonyl (C=O) groups is 2. The first kappa shape index (κ1) is 123. The number of hydrogen-bond donors (Lipinski definition) is 4. The number of pyridine rings is 1. The van der Waals surface area contributed by atoms with Gasteiger partial charge in [-0.15, -0.1) is 35.6 Å². The summed E-state index contributed by atoms with van der Waals surface area (Å²) in [4.78, 5) is 35.2. The van der Waals surface area contributed by atoms with Crippen LogP contribution in [0.4, 0.5) is 13.2 Å². The summed E-state index contributed by atoms with van der Waals surface area (Å²) >= 11 is 33.3. The number of amides is 1. The number of carbonyl (C=O) groups excluding carboxylic acids is 1. The average molecular weight is 1900 g/mol. The standard InChI is InChI=1S/C18H26ClNO3S.C17H22ClNO.C17H24ClNO.C11H11ClO2.C7H5F3O.C6H13N.C6H7N.C4H8O.5C2H6.CH2Cl2.Al.ClH.Li.4H/c1-24(21,22)23-13-15-4-2-11-20(12-15)14-18(9-3-10-18)16-5-7-17(19)8-6-16;1-13-4-2-11-19(12-13)16(20)17(9-3-10-17)14-5-7-15(18)8-6-14;18-16-6-4-15(5-7-16)17(8-2-9-17)13-19-10-1-3-14(11-19)12-20;12-9-4-2-8(3-5-9)11(10(13)14)6-1-7-11;8-7(9,10)5-1-3-6(11)4-2-5;2*1-6-3-2-4-7-5-6;1-2-4-5-3-1;5*1-2;2-1-3;;;;;;;/h5-8,15H,2-4,9-14H2,1H3;5-8,13H,2-4,9-12H2,1H3;4-7,14,20H,1-3,8-13H2;2-5H,1,6-7H2,(H,13,14);1-4,11H;6-7H,2-5H2,1H3;2-5H,1H3;1-4H2;5*1-2H3;1H2;;1H;;;;;/q;;;;;;;;;;;;;;;;+1;;;;-1. The van der Waals surface area contributed by atoms with E-state index in [9.17, 15) is 41.4 Å². The number of nitrogens with one attached hydrogen (secondary N) is 1. The number of aromatic hydroxyl groups is 1. The molecule has 14 nitrogen and oxygen atoms in total. The zero-order valence-corrected chi connectivity index (χ0v) is 82.8. The van der Waals surface area contributed by atoms with Crippen LogP contribution in [0.15, 0.2) is 146 Å². The Balaban J connectivity index is -0.00000137. The minimum atomic E-state index is -4.33. The molecule has 5 aromatic carbocycles. The van der Waals surface area contributed by atoms with Gasteiger partial charge < -0.3 is 41.5 Å². The number of carboxylic acids is 1. The van der Waals surface area contributed by atoms with Gasteiger partial charge in [-0.1, -0.05) is 210 Å². The number of rotatable bonds is 14. The fourth-order valence-corrected chi connectivity index (χ4v) is 16.9. The third-order valence-corrected chi connectivity index (χ3v) is 24.5. The summed E-state index contributed by atoms with van der Waals surface area (Å²) in [5.41, 5.74) is 4.99. The molecule has 9 fully saturated rings. The Morgan fingerprint density at radius 3 is 1.26 bits per heavy atom. The summed E-state index contributed by atoms with van der Waals surface area (Å²) in [7, 11) is -3.35. The van der Waals surface area contributed by atoms with Gasteiger partial charge in [0.25, 0.3) is 10.1 Å². The van der Waals surface area contributed by atoms with E-state index in [4.69, 9.17) is 83.6 Å². The number of ether oxygens (including phenoxy) is 1. The predicted molar refractivity (Wildman–Crippen MR) is 522 cm³/mol. The summed E-state index contributed by atoms with van der Waals surface area (Å²) in [6.07, 6.45) is 25.9. The van der Waals surface area contributed by atoms with Gasteiger partial charge >= 0.3 is 31.0 Å². The van der Waals surface area contributed by atoms with Crippen LogP contribution in [0, 0.1) is 30.6 Å². The summed E-state index contributed by atoms with van der Waals surface area (Å²) < 4.78 is 67.9. The third kappa shape index (κ3) is 43.8. The number of alkyl halides is 5. The molecule has 5 aliphatic heterocycles. The number of aryl methyl sites for hydroxylation is 1. The maximum absolute atomic E-state index is 13.0. The number of hydrogen-bond acceptors (Lipinski definition) is 12. The molecule has 0 spiro atoms. The van der Waals surface area contributed by atoms with Gasteiger partial charge in [0.05, 0.1) is 34.6 Å². The molecule has 1 amide bonds. The van der Waals surface area contributed by atoms with Gasteiger partial charge in [-0.05, 0) is 279 Å². The topological polar surface area (TPSA) is 182 Å². The second-order valence-electron chi connectivity index (χ2n) is 31.6. The predicted octanol–water partition coefficient (Wildman–Crippen LogP) is 22.3. The molecule has 9 aliphatic rings. The third-order valence-electron chi connectivity index (χ3n) is 22.9. The molecule has 0 radical (unpaired) electrons. The Hall–Kier alpha value is -3.35. The Morgan fingerprint density at radius 2 is 0.960 bits per heavy atom. The number of nitrogens with zero attached hydrogens (tertiary/aromatic N) is 4. The molecular formula is C97H153AlCl7F3LiN5O9S. The van der Waals surface area contributed by atoms with Crippen LogP contribution in [-0.2, 0) is 56.5 Å². The Morgan fingerprint density at radius 1 is 0.565 bits per heavy atom. The molecule has 15 rings (SSSR count). The SMILES string of the molecule is C1CCOC1.CC.CC.CC.CC.CC.CC1CCCN(C(=O)C2(c3ccc(Cl)cc3)CCC2)C1.CC1CCCNC1.CS(=O)(=O)OCC1CCCN(CC2(c3ccc(Cl)cc3)CCC2)C1.Cc1cccnc1.Cl.ClCCl.O=C(O)C1(c2ccc(Cl)cc2)CCC1.OCC1CCCN(CC2(c3ccc(Cl)cc3)CCC2)C1.Oc1ccc(C(F)(F)F)cc1.[AlH3].[H-].[Li+]. The smallest absolute Gasteiger partial charge is 1.00 e. The zero-order chi connectivity index (χ0) is 90.5. The van der Waals surface area contributed by atoms with E-state index in [0.29, 0.717) is 47.3 Å². The number of aromatic nitrogens is 1. The Kier molecular flexibility index (Phi) is 67.1. The van der Waals surface area contributed by atoms with E-state index in [1.165, 1.54) is 120 Å². The van der Waals surface area contributed by atoms with E-state index in [0.717, 1.165) is 179 Å². The molecule has 6 heterocycles. The number of benzene rings is 5. The maximum Gasteiger partial charge on any atom is 1.00 e. The van der Waals surface area contributed by atoms with Crippen molar-refractivity contribution in [3.05, 3.63) is 199 Å². The van der Waals surface area contributed by atoms with Crippen molar-refractivity contribution < 1.29 is 75.7 Å². The van der Waals surface area contributed by atoms with Crippen LogP contribution in [0.1, 0.15) is 259 Å². The molecule has 124 heavy (non-hydrogen) atoms. The van der Waals surface area contributed by atoms with Gasteiger partial charge in [0.1, 0.15) is 5.75 Å². The molecule has 4 atom stereocenters. The molecular weight excluding hydrogens is 1750 g/mol. The molecule has 4 unspecified atom stereocenters. The van der Waals surface area contributed by atoms with Gasteiger partial charge in [0.2, 0.25) is 5.91 Å². The molecule has 0 bridgehead atoms. The van der Waals surface area contributed by atoms with Gasteiger partial charge in [-0.2, -0.15) is 21.6 Å². The molecule has 5 saturated heterocycles. The van der Waals surface area contributed by atoms with E-state index in [2.05, 4.69) is 63.1 Å². The number of aliphatic hydroxyl groups is 1. The fourth-order valence-electron chi connectivity index (χ4n) is 16.0. The van der Waals surface area contributed by atoms with E-state index < -0.39 is 33.2 Å². The summed E-state index contributed by atoms with van der Waals surface area (Å²) in [5.74, 6) is 1.80. The van der Waals surface area contributed by atoms with E-state index in [1.54, 1.807) is 18.3 Å². The number of likely N-dealkylation sites (tertiary alicyclic amines) is 3. The summed E-state index contributed by atoms with van der Waals surface area (Å²) in [5, 5.41) is 33.7. The fraction of sp³-hybridized carbons (Fsp3) is 0.619. The van der Waals surface area contributed by atoms with Crippen molar-refractivity contribution in [3.63, 3.8) is 0 Å². The van der Waals surface area contributed by atoms with E-state index in [-0.39, 0.29) is 72.0 Å². The van der Waals surface area contributed by atoms with Crippen LogP contribution in [0.5, 0.6) is 5.75 Å². The van der Waals surface area contributed by atoms with Crippen molar-refractivity contribution in [1.29, 1.82) is 0 Å². The van der Waals surface area contributed by atoms with Crippen molar-refractivity contribution >= 4 is 121 Å². The quantitative estimate of drug-likeness (QED) is 0.0460. The van der Waals surface area contributed by atoms with Crippen molar-refractivity contribution in [1.82, 2.24) is 25.0 Å². The first-order valence-electron chi connectivity index (χ1n) is 44.7. The molecule has 700 valence electrons. The first-order valence-corrected chi connectivity index (χ1v) is 49.1. The zero-order valence-electron chi connectivity index (χ0n) is 77.6. The number of phenolic OH excluding ortho intramolecular Hbond substituents is 1. The summed E-state index contributed by atoms with van der Waals surface area (Å²) in [6, 6.07) is 39.4. The number of carboxylic acid groups (broad SMARTS) is 1. The van der Waals surface area contributed by atoms with Crippen LogP contribution < -0.4 is 24.2 Å². The summed E-state index contributed by atoms with van der Waals surface area (Å²) in [6.45, 7) is 40.0. The van der Waals surface area contributed by atoms with Gasteiger partial charge in [-0.3, -0.25) is 18.8 Å². The molecule has 1 aromatic heterocycles. The molecule has 4 saturated carbocycles. The van der Waals surface area contributed by atoms with E-state index in [1.807, 2.05) is 155 Å². The van der Waals surface area contributed by atoms with Gasteiger partial charge in [0.15, 0.2) is 17.4 Å². The van der Waals surface area contributed by atoms with Crippen LogP contribution in [-0.4, -0.2) is 176 Å². The molecule has 4 aliphatic carbocycles. The second-order valence-corrected chi connectivity index (χ2v) is 35.8. The van der Waals surface area contributed by atoms with Crippen LogP contribution >= 0.6 is 82.0 Å². The number of aliphatic carboxylic acids is 1. The normalized spacial score (nSPS) is 19.9. The van der Waals surface area contributed by atoms with Crippen molar-refractivity contribution in [2.45, 2.75) is 259 Å². The Labute approximate surface area is 806 Å². The van der Waals surface area contributed by atoms with Crippen molar-refractivity contribution in [2.24, 2.45) is 23.7 Å². The van der Waals surface area contributed by atoms with Crippen LogP contribution in [0.25, 0.3) is 0 Å². The minimum Gasteiger partial charge on any atom is -1.00 e. The molecule has 6 aromatic rings. The number of halogens is 10. The molecule has 27 heteroatoms. The average Bonchev–Trinajstić information content (AvgIpc) is 1.51. The minimum absolute atomic E-state index is 0. The number of piperidine rings is 4. The number of phenols is 1. The van der Waals surface area contributed by atoms with Gasteiger partial charge in [0, 0.05) is 102 Å². The second kappa shape index (κ2) is 67.8. The van der Waals surface area contributed by atoms with Crippen molar-refractivity contribution in [3.8, 4) is 5.75 Å². The first-order chi connectivity index (χ1) is 58.0. The van der Waals surface area contributed by atoms with E-state index >= 15 is 0 Å². The number of aliphatic hydroxyl groups excluding tert-OH is 1. The molecule has 4 N–H and O–H groups in total. The maximum atomic E-state index is 13.0. The van der Waals surface area contributed by atoms with Crippen LogP contribution in [0.3, 0.4) is 0 Å². The van der Waals surface area contributed by atoms with Crippen molar-refractivity contribution in [2.75, 3.05) is 103 Å². The monoisotopic (exact) mass is 1900 g/mol.